The van der Waals surface area contributed by atoms with Crippen LogP contribution in [0.2, 0.25) is 5.15 Å². The third-order valence-corrected chi connectivity index (χ3v) is 3.64. The number of aldehydes is 1. The van der Waals surface area contributed by atoms with Crippen LogP contribution in [0.5, 0.6) is 0 Å². The Morgan fingerprint density at radius 1 is 1.26 bits per heavy atom. The first-order valence-electron chi connectivity index (χ1n) is 7.04. The van der Waals surface area contributed by atoms with Crippen molar-refractivity contribution in [1.29, 1.82) is 0 Å². The summed E-state index contributed by atoms with van der Waals surface area (Å²) in [4.78, 5) is 27.2. The van der Waals surface area contributed by atoms with E-state index in [1.807, 2.05) is 0 Å². The summed E-state index contributed by atoms with van der Waals surface area (Å²) in [6.45, 7) is 2.09. The zero-order valence-electron chi connectivity index (χ0n) is 12.3. The number of aromatic nitrogens is 2. The summed E-state index contributed by atoms with van der Waals surface area (Å²) in [5.74, 6) is -0.369. The summed E-state index contributed by atoms with van der Waals surface area (Å²) >= 11 is 5.96. The quantitative estimate of drug-likeness (QED) is 0.416. The molecule has 0 aliphatic rings. The fourth-order valence-electron chi connectivity index (χ4n) is 2.37. The van der Waals surface area contributed by atoms with Gasteiger partial charge in [0.1, 0.15) is 10.8 Å². The molecule has 116 valence electrons. The third-order valence-electron chi connectivity index (χ3n) is 3.43. The van der Waals surface area contributed by atoms with Crippen LogP contribution in [0.25, 0.3) is 16.7 Å². The summed E-state index contributed by atoms with van der Waals surface area (Å²) in [5.41, 5.74) is 2.35. The van der Waals surface area contributed by atoms with Gasteiger partial charge in [0.15, 0.2) is 6.29 Å². The molecule has 3 rings (SSSR count). The Morgan fingerprint density at radius 3 is 2.65 bits per heavy atom. The molecule has 23 heavy (non-hydrogen) atoms. The maximum Gasteiger partial charge on any atom is 0.338 e. The summed E-state index contributed by atoms with van der Waals surface area (Å²) < 4.78 is 6.72. The first-order chi connectivity index (χ1) is 11.1. The SMILES string of the molecule is CCOC(=O)c1ccc(-n2cc(C=O)c3ccc(Cl)nc32)cc1. The Balaban J connectivity index is 2.08. The number of carbonyl (C=O) groups excluding carboxylic acids is 2. The van der Waals surface area contributed by atoms with E-state index in [0.29, 0.717) is 28.5 Å². The fraction of sp³-hybridized carbons (Fsp3) is 0.118. The topological polar surface area (TPSA) is 61.2 Å². The largest absolute Gasteiger partial charge is 0.462 e. The van der Waals surface area contributed by atoms with E-state index in [2.05, 4.69) is 4.98 Å². The molecule has 0 fully saturated rings. The van der Waals surface area contributed by atoms with Crippen LogP contribution < -0.4 is 0 Å². The summed E-state index contributed by atoms with van der Waals surface area (Å²) in [6.07, 6.45) is 2.47. The van der Waals surface area contributed by atoms with E-state index in [0.717, 1.165) is 17.4 Å². The number of pyridine rings is 1. The summed E-state index contributed by atoms with van der Waals surface area (Å²) in [7, 11) is 0. The lowest BCUT2D eigenvalue weighted by atomic mass is 10.2. The van der Waals surface area contributed by atoms with E-state index >= 15 is 0 Å². The predicted molar refractivity (Wildman–Crippen MR) is 87.4 cm³/mol. The average molecular weight is 329 g/mol. The van der Waals surface area contributed by atoms with E-state index in [1.165, 1.54) is 0 Å². The van der Waals surface area contributed by atoms with Gasteiger partial charge < -0.3 is 9.30 Å². The minimum Gasteiger partial charge on any atom is -0.462 e. The Kier molecular flexibility index (Phi) is 4.12. The van der Waals surface area contributed by atoms with Gasteiger partial charge in [-0.1, -0.05) is 11.6 Å². The zero-order chi connectivity index (χ0) is 16.4. The maximum atomic E-state index is 11.7. The molecule has 0 bridgehead atoms. The molecule has 3 aromatic rings. The van der Waals surface area contributed by atoms with Crippen LogP contribution in [0.15, 0.2) is 42.6 Å². The molecule has 0 saturated heterocycles. The minimum atomic E-state index is -0.369. The number of benzene rings is 1. The smallest absolute Gasteiger partial charge is 0.338 e. The predicted octanol–water partition coefficient (Wildman–Crippen LogP) is 3.67. The van der Waals surface area contributed by atoms with Gasteiger partial charge >= 0.3 is 5.97 Å². The van der Waals surface area contributed by atoms with Gasteiger partial charge in [-0.2, -0.15) is 0 Å². The molecule has 0 amide bonds. The zero-order valence-corrected chi connectivity index (χ0v) is 13.1. The van der Waals surface area contributed by atoms with E-state index in [1.54, 1.807) is 54.1 Å². The molecule has 2 aromatic heterocycles. The summed E-state index contributed by atoms with van der Waals surface area (Å²) in [5, 5.41) is 1.07. The lowest BCUT2D eigenvalue weighted by Crippen LogP contribution is -2.04. The van der Waals surface area contributed by atoms with Crippen molar-refractivity contribution in [2.45, 2.75) is 6.92 Å². The second-order valence-corrected chi connectivity index (χ2v) is 5.23. The highest BCUT2D eigenvalue weighted by molar-refractivity contribution is 6.29. The van der Waals surface area contributed by atoms with Gasteiger partial charge in [-0.05, 0) is 43.3 Å². The number of hydrogen-bond acceptors (Lipinski definition) is 4. The third kappa shape index (κ3) is 2.83. The lowest BCUT2D eigenvalue weighted by Gasteiger charge is -2.06. The van der Waals surface area contributed by atoms with E-state index in [-0.39, 0.29) is 5.97 Å². The van der Waals surface area contributed by atoms with Crippen molar-refractivity contribution >= 4 is 34.9 Å². The van der Waals surface area contributed by atoms with Gasteiger partial charge in [0.25, 0.3) is 0 Å². The van der Waals surface area contributed by atoms with Crippen molar-refractivity contribution in [2.75, 3.05) is 6.61 Å². The van der Waals surface area contributed by atoms with Crippen LogP contribution in [0.1, 0.15) is 27.6 Å². The van der Waals surface area contributed by atoms with Gasteiger partial charge in [0.05, 0.1) is 12.2 Å². The number of halogens is 1. The fourth-order valence-corrected chi connectivity index (χ4v) is 2.51. The standard InChI is InChI=1S/C17H13ClN2O3/c1-2-23-17(22)11-3-5-13(6-4-11)20-9-12(10-21)14-7-8-15(18)19-16(14)20/h3-10H,2H2,1H3. The van der Waals surface area contributed by atoms with Crippen LogP contribution in [-0.4, -0.2) is 28.4 Å². The highest BCUT2D eigenvalue weighted by atomic mass is 35.5. The number of nitrogens with zero attached hydrogens (tertiary/aromatic N) is 2. The van der Waals surface area contributed by atoms with Crippen LogP contribution in [0, 0.1) is 0 Å². The Morgan fingerprint density at radius 2 is 2.00 bits per heavy atom. The van der Waals surface area contributed by atoms with Crippen molar-refractivity contribution in [3.63, 3.8) is 0 Å². The molecule has 5 nitrogen and oxygen atoms in total. The molecule has 0 spiro atoms. The molecule has 0 aliphatic heterocycles. The van der Waals surface area contributed by atoms with Crippen LogP contribution in [0.3, 0.4) is 0 Å². The van der Waals surface area contributed by atoms with E-state index < -0.39 is 0 Å². The number of rotatable bonds is 4. The number of esters is 1. The molecule has 0 atom stereocenters. The van der Waals surface area contributed by atoms with E-state index in [9.17, 15) is 9.59 Å². The molecular weight excluding hydrogens is 316 g/mol. The van der Waals surface area contributed by atoms with Gasteiger partial charge in [-0.3, -0.25) is 4.79 Å². The number of fused-ring (bicyclic) bond motifs is 1. The van der Waals surface area contributed by atoms with E-state index in [4.69, 9.17) is 16.3 Å². The first kappa shape index (κ1) is 15.2. The second-order valence-electron chi connectivity index (χ2n) is 4.84. The normalized spacial score (nSPS) is 10.7. The maximum absolute atomic E-state index is 11.7. The lowest BCUT2D eigenvalue weighted by molar-refractivity contribution is 0.0526. The molecule has 0 aliphatic carbocycles. The summed E-state index contributed by atoms with van der Waals surface area (Å²) in [6, 6.07) is 10.3. The molecule has 0 saturated carbocycles. The molecule has 2 heterocycles. The average Bonchev–Trinajstić information content (AvgIpc) is 2.93. The second kappa shape index (κ2) is 6.22. The van der Waals surface area contributed by atoms with Gasteiger partial charge in [-0.25, -0.2) is 9.78 Å². The Hall–Kier alpha value is -2.66. The van der Waals surface area contributed by atoms with Crippen molar-refractivity contribution in [1.82, 2.24) is 9.55 Å². The monoisotopic (exact) mass is 328 g/mol. The van der Waals surface area contributed by atoms with Crippen LogP contribution in [-0.2, 0) is 4.74 Å². The van der Waals surface area contributed by atoms with Crippen molar-refractivity contribution in [2.24, 2.45) is 0 Å². The highest BCUT2D eigenvalue weighted by Crippen LogP contribution is 2.24. The molecular formula is C17H13ClN2O3. The number of ether oxygens (including phenoxy) is 1. The van der Waals surface area contributed by atoms with Gasteiger partial charge in [-0.15, -0.1) is 0 Å². The van der Waals surface area contributed by atoms with Crippen molar-refractivity contribution < 1.29 is 14.3 Å². The van der Waals surface area contributed by atoms with Crippen LogP contribution >= 0.6 is 11.6 Å². The molecule has 0 N–H and O–H groups in total. The van der Waals surface area contributed by atoms with Gasteiger partial charge in [0.2, 0.25) is 0 Å². The number of hydrogen-bond donors (Lipinski definition) is 0. The van der Waals surface area contributed by atoms with Crippen molar-refractivity contribution in [3.05, 3.63) is 58.9 Å². The number of carbonyl (C=O) groups is 2. The highest BCUT2D eigenvalue weighted by Gasteiger charge is 2.12. The van der Waals surface area contributed by atoms with Crippen molar-refractivity contribution in [3.8, 4) is 5.69 Å². The Labute approximate surface area is 137 Å². The minimum absolute atomic E-state index is 0.327. The van der Waals surface area contributed by atoms with Crippen LogP contribution in [0.4, 0.5) is 0 Å². The Bertz CT molecular complexity index is 885. The molecule has 0 unspecified atom stereocenters. The molecule has 6 heteroatoms. The van der Waals surface area contributed by atoms with Gasteiger partial charge in [0, 0.05) is 22.8 Å². The molecule has 1 aromatic carbocycles. The first-order valence-corrected chi connectivity index (χ1v) is 7.42. The molecule has 0 radical (unpaired) electrons.